The van der Waals surface area contributed by atoms with E-state index in [0.29, 0.717) is 4.47 Å². The van der Waals surface area contributed by atoms with Gasteiger partial charge in [-0.25, -0.2) is 13.1 Å². The maximum atomic E-state index is 12.2. The monoisotopic (exact) mass is 412 g/mol. The van der Waals surface area contributed by atoms with E-state index >= 15 is 0 Å². The van der Waals surface area contributed by atoms with Crippen molar-refractivity contribution in [2.24, 2.45) is 11.7 Å². The van der Waals surface area contributed by atoms with Gasteiger partial charge >= 0.3 is 0 Å². The molecule has 19 heavy (non-hydrogen) atoms. The standard InChI is InChI=1S/C12H18Br2N2O2S/c1-7(2)11(15)6-16-19(17,18)12-5-9(13)8(3)4-10(12)14/h4-5,7,11,16H,6,15H2,1-3H3. The number of nitrogens with one attached hydrogen (secondary N) is 1. The molecule has 0 radical (unpaired) electrons. The van der Waals surface area contributed by atoms with Crippen LogP contribution in [-0.4, -0.2) is 21.0 Å². The molecule has 0 amide bonds. The Morgan fingerprint density at radius 1 is 1.26 bits per heavy atom. The van der Waals surface area contributed by atoms with Gasteiger partial charge in [-0.05, 0) is 46.5 Å². The molecule has 1 aromatic rings. The van der Waals surface area contributed by atoms with E-state index in [9.17, 15) is 8.42 Å². The quantitative estimate of drug-likeness (QED) is 0.779. The third-order valence-corrected chi connectivity index (χ3v) is 6.10. The normalized spacial score (nSPS) is 13.8. The Balaban J connectivity index is 2.98. The predicted molar refractivity (Wildman–Crippen MR) is 84.6 cm³/mol. The van der Waals surface area contributed by atoms with Gasteiger partial charge in [0.1, 0.15) is 0 Å². The number of halogens is 2. The van der Waals surface area contributed by atoms with Crippen LogP contribution in [0.15, 0.2) is 26.0 Å². The Labute approximate surface area is 131 Å². The van der Waals surface area contributed by atoms with Crippen LogP contribution in [-0.2, 0) is 10.0 Å². The summed E-state index contributed by atoms with van der Waals surface area (Å²) in [6, 6.07) is 3.14. The van der Waals surface area contributed by atoms with E-state index in [1.165, 1.54) is 0 Å². The Kier molecular flexibility index (Phi) is 6.00. The van der Waals surface area contributed by atoms with E-state index in [1.807, 2.05) is 20.8 Å². The molecular weight excluding hydrogens is 396 g/mol. The molecule has 3 N–H and O–H groups in total. The summed E-state index contributed by atoms with van der Waals surface area (Å²) < 4.78 is 28.3. The lowest BCUT2D eigenvalue weighted by Gasteiger charge is -2.17. The van der Waals surface area contributed by atoms with Crippen molar-refractivity contribution in [3.8, 4) is 0 Å². The van der Waals surface area contributed by atoms with E-state index in [0.717, 1.165) is 10.0 Å². The molecule has 0 heterocycles. The van der Waals surface area contributed by atoms with Crippen LogP contribution >= 0.6 is 31.9 Å². The zero-order valence-corrected chi connectivity index (χ0v) is 15.1. The topological polar surface area (TPSA) is 72.2 Å². The SMILES string of the molecule is Cc1cc(Br)c(S(=O)(=O)NCC(N)C(C)C)cc1Br. The van der Waals surface area contributed by atoms with Crippen molar-refractivity contribution in [1.82, 2.24) is 4.72 Å². The summed E-state index contributed by atoms with van der Waals surface area (Å²) in [5, 5.41) is 0. The molecule has 0 saturated carbocycles. The number of sulfonamides is 1. The molecule has 0 spiro atoms. The Morgan fingerprint density at radius 3 is 2.37 bits per heavy atom. The van der Waals surface area contributed by atoms with Gasteiger partial charge in [0.25, 0.3) is 0 Å². The molecule has 0 aliphatic carbocycles. The molecule has 0 bridgehead atoms. The Bertz CT molecular complexity index is 559. The lowest BCUT2D eigenvalue weighted by molar-refractivity contribution is 0.481. The summed E-state index contributed by atoms with van der Waals surface area (Å²) in [4.78, 5) is 0.209. The fraction of sp³-hybridized carbons (Fsp3) is 0.500. The van der Waals surface area contributed by atoms with Gasteiger partial charge in [0.15, 0.2) is 0 Å². The van der Waals surface area contributed by atoms with E-state index in [4.69, 9.17) is 5.73 Å². The lowest BCUT2D eigenvalue weighted by atomic mass is 10.1. The van der Waals surface area contributed by atoms with Gasteiger partial charge < -0.3 is 5.73 Å². The third kappa shape index (κ3) is 4.53. The average molecular weight is 414 g/mol. The summed E-state index contributed by atoms with van der Waals surface area (Å²) >= 11 is 6.62. The van der Waals surface area contributed by atoms with Gasteiger partial charge in [-0.15, -0.1) is 0 Å². The van der Waals surface area contributed by atoms with E-state index in [1.54, 1.807) is 12.1 Å². The molecule has 1 aromatic carbocycles. The van der Waals surface area contributed by atoms with Gasteiger partial charge in [0, 0.05) is 21.5 Å². The maximum absolute atomic E-state index is 12.2. The van der Waals surface area contributed by atoms with Crippen LogP contribution in [0.4, 0.5) is 0 Å². The molecule has 1 atom stereocenters. The van der Waals surface area contributed by atoms with Crippen LogP contribution in [0.25, 0.3) is 0 Å². The van der Waals surface area contributed by atoms with Crippen molar-refractivity contribution >= 4 is 41.9 Å². The molecule has 0 saturated heterocycles. The highest BCUT2D eigenvalue weighted by molar-refractivity contribution is 9.11. The van der Waals surface area contributed by atoms with Crippen molar-refractivity contribution in [2.45, 2.75) is 31.7 Å². The molecule has 108 valence electrons. The first-order valence-corrected chi connectivity index (χ1v) is 8.93. The first-order chi connectivity index (χ1) is 8.65. The molecule has 0 aliphatic heterocycles. The molecular formula is C12H18Br2N2O2S. The van der Waals surface area contributed by atoms with Crippen molar-refractivity contribution < 1.29 is 8.42 Å². The minimum absolute atomic E-state index is 0.206. The second-order valence-corrected chi connectivity index (χ2v) is 8.24. The summed E-state index contributed by atoms with van der Waals surface area (Å²) in [5.41, 5.74) is 6.81. The fourth-order valence-electron chi connectivity index (χ4n) is 1.35. The van der Waals surface area contributed by atoms with Gasteiger partial charge in [-0.1, -0.05) is 29.8 Å². The van der Waals surface area contributed by atoms with Crippen LogP contribution in [0, 0.1) is 12.8 Å². The van der Waals surface area contributed by atoms with Gasteiger partial charge in [0.05, 0.1) is 4.90 Å². The van der Waals surface area contributed by atoms with Gasteiger partial charge in [0.2, 0.25) is 10.0 Å². The van der Waals surface area contributed by atoms with Gasteiger partial charge in [-0.2, -0.15) is 0 Å². The van der Waals surface area contributed by atoms with Crippen LogP contribution in [0.5, 0.6) is 0 Å². The van der Waals surface area contributed by atoms with Crippen LogP contribution in [0.1, 0.15) is 19.4 Å². The highest BCUT2D eigenvalue weighted by Crippen LogP contribution is 2.28. The second kappa shape index (κ2) is 6.67. The van der Waals surface area contributed by atoms with Crippen molar-refractivity contribution in [2.75, 3.05) is 6.54 Å². The number of hydrogen-bond donors (Lipinski definition) is 2. The zero-order chi connectivity index (χ0) is 14.8. The molecule has 1 unspecified atom stereocenters. The summed E-state index contributed by atoms with van der Waals surface area (Å²) in [6.07, 6.45) is 0. The van der Waals surface area contributed by atoms with E-state index in [2.05, 4.69) is 36.6 Å². The average Bonchev–Trinajstić information content (AvgIpc) is 2.30. The highest BCUT2D eigenvalue weighted by Gasteiger charge is 2.20. The number of hydrogen-bond acceptors (Lipinski definition) is 3. The first kappa shape index (κ1) is 17.1. The second-order valence-electron chi connectivity index (χ2n) is 4.79. The third-order valence-electron chi connectivity index (χ3n) is 2.87. The Hall–Kier alpha value is 0.0500. The predicted octanol–water partition coefficient (Wildman–Crippen LogP) is 2.78. The van der Waals surface area contributed by atoms with E-state index in [-0.39, 0.29) is 23.4 Å². The smallest absolute Gasteiger partial charge is 0.241 e. The number of nitrogens with two attached hydrogens (primary N) is 1. The van der Waals surface area contributed by atoms with Crippen LogP contribution in [0.2, 0.25) is 0 Å². The van der Waals surface area contributed by atoms with E-state index < -0.39 is 10.0 Å². The number of aryl methyl sites for hydroxylation is 1. The minimum atomic E-state index is -3.57. The Morgan fingerprint density at radius 2 is 1.84 bits per heavy atom. The van der Waals surface area contributed by atoms with Crippen molar-refractivity contribution in [3.05, 3.63) is 26.6 Å². The fourth-order valence-corrected chi connectivity index (χ4v) is 4.10. The van der Waals surface area contributed by atoms with Gasteiger partial charge in [-0.3, -0.25) is 0 Å². The number of benzene rings is 1. The minimum Gasteiger partial charge on any atom is -0.326 e. The summed E-state index contributed by atoms with van der Waals surface area (Å²) in [6.45, 7) is 6.03. The molecule has 1 rings (SSSR count). The number of rotatable bonds is 5. The first-order valence-electron chi connectivity index (χ1n) is 5.86. The maximum Gasteiger partial charge on any atom is 0.241 e. The van der Waals surface area contributed by atoms with Crippen LogP contribution in [0.3, 0.4) is 0 Å². The highest BCUT2D eigenvalue weighted by atomic mass is 79.9. The molecule has 0 aliphatic rings. The van der Waals surface area contributed by atoms with Crippen molar-refractivity contribution in [1.29, 1.82) is 0 Å². The lowest BCUT2D eigenvalue weighted by Crippen LogP contribution is -2.40. The zero-order valence-electron chi connectivity index (χ0n) is 11.1. The molecule has 4 nitrogen and oxygen atoms in total. The summed E-state index contributed by atoms with van der Waals surface area (Å²) in [7, 11) is -3.57. The largest absolute Gasteiger partial charge is 0.326 e. The molecule has 0 aromatic heterocycles. The molecule has 7 heteroatoms. The van der Waals surface area contributed by atoms with Crippen LogP contribution < -0.4 is 10.5 Å². The molecule has 0 fully saturated rings. The summed E-state index contributed by atoms with van der Waals surface area (Å²) in [5.74, 6) is 0.218. The van der Waals surface area contributed by atoms with Crippen molar-refractivity contribution in [3.63, 3.8) is 0 Å².